The number of aliphatic hydroxyl groups is 1. The molecule has 0 spiro atoms. The minimum absolute atomic E-state index is 0.513. The largest absolute Gasteiger partial charge is 0.389 e. The molecular weight excluding hydrogens is 262 g/mol. The van der Waals surface area contributed by atoms with Crippen LogP contribution in [0.1, 0.15) is 44.9 Å². The molecule has 1 aromatic heterocycles. The molecule has 1 aromatic carbocycles. The Morgan fingerprint density at radius 3 is 2.76 bits per heavy atom. The molecule has 2 aromatic rings. The van der Waals surface area contributed by atoms with Crippen LogP contribution < -0.4 is 5.32 Å². The van der Waals surface area contributed by atoms with Gasteiger partial charge >= 0.3 is 0 Å². The van der Waals surface area contributed by atoms with E-state index >= 15 is 0 Å². The van der Waals surface area contributed by atoms with Crippen LogP contribution in [0.25, 0.3) is 11.0 Å². The first kappa shape index (κ1) is 14.5. The zero-order valence-corrected chi connectivity index (χ0v) is 12.8. The molecule has 0 bridgehead atoms. The van der Waals surface area contributed by atoms with Gasteiger partial charge in [0.05, 0.1) is 23.2 Å². The Morgan fingerprint density at radius 2 is 2.00 bits per heavy atom. The number of aryl methyl sites for hydroxylation is 1. The van der Waals surface area contributed by atoms with E-state index in [9.17, 15) is 5.11 Å². The average Bonchev–Trinajstić information content (AvgIpc) is 2.85. The van der Waals surface area contributed by atoms with Crippen molar-refractivity contribution in [3.05, 3.63) is 30.1 Å². The normalized spacial score (nSPS) is 18.2. The SMILES string of the molecule is CCn1c(CNCC2(O)CCCCC2)nc2ccccc21. The lowest BCUT2D eigenvalue weighted by Crippen LogP contribution is -2.42. The number of aromatic nitrogens is 2. The van der Waals surface area contributed by atoms with Crippen molar-refractivity contribution in [2.45, 2.75) is 57.7 Å². The summed E-state index contributed by atoms with van der Waals surface area (Å²) in [5.41, 5.74) is 1.72. The maximum absolute atomic E-state index is 10.5. The Morgan fingerprint density at radius 1 is 1.24 bits per heavy atom. The van der Waals surface area contributed by atoms with Gasteiger partial charge in [-0.25, -0.2) is 4.98 Å². The fourth-order valence-electron chi connectivity index (χ4n) is 3.41. The van der Waals surface area contributed by atoms with E-state index < -0.39 is 5.60 Å². The number of hydrogen-bond donors (Lipinski definition) is 2. The fourth-order valence-corrected chi connectivity index (χ4v) is 3.41. The summed E-state index contributed by atoms with van der Waals surface area (Å²) in [5.74, 6) is 1.05. The van der Waals surface area contributed by atoms with E-state index in [1.165, 1.54) is 11.9 Å². The maximum Gasteiger partial charge on any atom is 0.123 e. The first-order valence-electron chi connectivity index (χ1n) is 8.09. The van der Waals surface area contributed by atoms with Crippen molar-refractivity contribution >= 4 is 11.0 Å². The lowest BCUT2D eigenvalue weighted by Gasteiger charge is -2.32. The minimum atomic E-state index is -0.513. The van der Waals surface area contributed by atoms with E-state index in [1.807, 2.05) is 6.07 Å². The molecule has 0 unspecified atom stereocenters. The van der Waals surface area contributed by atoms with Crippen molar-refractivity contribution in [3.8, 4) is 0 Å². The standard InChI is InChI=1S/C17H25N3O/c1-2-20-15-9-5-4-8-14(15)19-16(20)12-18-13-17(21)10-6-3-7-11-17/h4-5,8-9,18,21H,2-3,6-7,10-13H2,1H3. The van der Waals surface area contributed by atoms with Crippen LogP contribution in [-0.2, 0) is 13.1 Å². The number of nitrogens with zero attached hydrogens (tertiary/aromatic N) is 2. The minimum Gasteiger partial charge on any atom is -0.389 e. The highest BCUT2D eigenvalue weighted by atomic mass is 16.3. The summed E-state index contributed by atoms with van der Waals surface area (Å²) >= 11 is 0. The molecular formula is C17H25N3O. The highest BCUT2D eigenvalue weighted by Crippen LogP contribution is 2.27. The molecule has 0 saturated heterocycles. The summed E-state index contributed by atoms with van der Waals surface area (Å²) in [7, 11) is 0. The first-order valence-corrected chi connectivity index (χ1v) is 8.09. The van der Waals surface area contributed by atoms with Crippen LogP contribution in [0.4, 0.5) is 0 Å². The number of hydrogen-bond acceptors (Lipinski definition) is 3. The van der Waals surface area contributed by atoms with Crippen molar-refractivity contribution in [3.63, 3.8) is 0 Å². The van der Waals surface area contributed by atoms with Gasteiger partial charge in [-0.05, 0) is 31.9 Å². The van der Waals surface area contributed by atoms with Crippen molar-refractivity contribution in [1.29, 1.82) is 0 Å². The van der Waals surface area contributed by atoms with Crippen LogP contribution in [0.5, 0.6) is 0 Å². The van der Waals surface area contributed by atoms with Gasteiger partial charge in [0.2, 0.25) is 0 Å². The van der Waals surface area contributed by atoms with Crippen LogP contribution >= 0.6 is 0 Å². The number of imidazole rings is 1. The zero-order chi connectivity index (χ0) is 14.7. The van der Waals surface area contributed by atoms with Crippen molar-refractivity contribution < 1.29 is 5.11 Å². The third-order valence-electron chi connectivity index (χ3n) is 4.57. The van der Waals surface area contributed by atoms with Crippen LogP contribution in [0.2, 0.25) is 0 Å². The molecule has 114 valence electrons. The fraction of sp³-hybridized carbons (Fsp3) is 0.588. The first-order chi connectivity index (χ1) is 10.2. The number of fused-ring (bicyclic) bond motifs is 1. The van der Waals surface area contributed by atoms with Crippen LogP contribution in [0.15, 0.2) is 24.3 Å². The van der Waals surface area contributed by atoms with Gasteiger partial charge in [-0.2, -0.15) is 0 Å². The summed E-state index contributed by atoms with van der Waals surface area (Å²) in [5, 5.41) is 13.9. The average molecular weight is 287 g/mol. The summed E-state index contributed by atoms with van der Waals surface area (Å²) in [6, 6.07) is 8.25. The second-order valence-corrected chi connectivity index (χ2v) is 6.15. The number of para-hydroxylation sites is 2. The molecule has 1 aliphatic carbocycles. The summed E-state index contributed by atoms with van der Waals surface area (Å²) in [6.45, 7) is 4.44. The number of rotatable bonds is 5. The second-order valence-electron chi connectivity index (χ2n) is 6.15. The topological polar surface area (TPSA) is 50.1 Å². The zero-order valence-electron chi connectivity index (χ0n) is 12.8. The van der Waals surface area contributed by atoms with Gasteiger partial charge in [0.25, 0.3) is 0 Å². The monoisotopic (exact) mass is 287 g/mol. The van der Waals surface area contributed by atoms with Crippen molar-refractivity contribution in [2.24, 2.45) is 0 Å². The molecule has 1 aliphatic rings. The van der Waals surface area contributed by atoms with Gasteiger partial charge in [0.1, 0.15) is 5.82 Å². The molecule has 2 N–H and O–H groups in total. The van der Waals surface area contributed by atoms with Crippen LogP contribution in [0, 0.1) is 0 Å². The smallest absolute Gasteiger partial charge is 0.123 e. The van der Waals surface area contributed by atoms with E-state index in [0.717, 1.165) is 43.6 Å². The van der Waals surface area contributed by atoms with Gasteiger partial charge in [-0.15, -0.1) is 0 Å². The third-order valence-corrected chi connectivity index (χ3v) is 4.57. The molecule has 4 heteroatoms. The molecule has 0 amide bonds. The Labute approximate surface area is 126 Å². The maximum atomic E-state index is 10.5. The quantitative estimate of drug-likeness (QED) is 0.889. The molecule has 0 aliphatic heterocycles. The van der Waals surface area contributed by atoms with E-state index in [4.69, 9.17) is 4.98 Å². The molecule has 1 saturated carbocycles. The Kier molecular flexibility index (Phi) is 4.27. The van der Waals surface area contributed by atoms with E-state index in [2.05, 4.69) is 35.0 Å². The van der Waals surface area contributed by atoms with Crippen LogP contribution in [0.3, 0.4) is 0 Å². The molecule has 0 radical (unpaired) electrons. The second kappa shape index (κ2) is 6.16. The molecule has 1 heterocycles. The lowest BCUT2D eigenvalue weighted by atomic mass is 9.85. The number of benzene rings is 1. The predicted molar refractivity (Wildman–Crippen MR) is 85.1 cm³/mol. The highest BCUT2D eigenvalue weighted by molar-refractivity contribution is 5.75. The van der Waals surface area contributed by atoms with Gasteiger partial charge in [0, 0.05) is 13.1 Å². The van der Waals surface area contributed by atoms with E-state index in [-0.39, 0.29) is 0 Å². The van der Waals surface area contributed by atoms with Crippen molar-refractivity contribution in [1.82, 2.24) is 14.9 Å². The van der Waals surface area contributed by atoms with Crippen molar-refractivity contribution in [2.75, 3.05) is 6.54 Å². The Bertz CT molecular complexity index is 599. The van der Waals surface area contributed by atoms with Gasteiger partial charge in [-0.3, -0.25) is 0 Å². The summed E-state index contributed by atoms with van der Waals surface area (Å²) in [4.78, 5) is 4.71. The third kappa shape index (κ3) is 3.11. The summed E-state index contributed by atoms with van der Waals surface area (Å²) in [6.07, 6.45) is 5.39. The number of nitrogens with one attached hydrogen (secondary N) is 1. The lowest BCUT2D eigenvalue weighted by molar-refractivity contribution is 0.00451. The van der Waals surface area contributed by atoms with Crippen LogP contribution in [-0.4, -0.2) is 26.8 Å². The Balaban J connectivity index is 1.67. The van der Waals surface area contributed by atoms with Gasteiger partial charge in [0.15, 0.2) is 0 Å². The summed E-state index contributed by atoms with van der Waals surface area (Å²) < 4.78 is 2.24. The molecule has 3 rings (SSSR count). The van der Waals surface area contributed by atoms with Gasteiger partial charge < -0.3 is 15.0 Å². The molecule has 21 heavy (non-hydrogen) atoms. The van der Waals surface area contributed by atoms with Gasteiger partial charge in [-0.1, -0.05) is 31.4 Å². The van der Waals surface area contributed by atoms with E-state index in [0.29, 0.717) is 13.1 Å². The highest BCUT2D eigenvalue weighted by Gasteiger charge is 2.28. The Hall–Kier alpha value is -1.39. The molecule has 4 nitrogen and oxygen atoms in total. The predicted octanol–water partition coefficient (Wildman–Crippen LogP) is 2.84. The van der Waals surface area contributed by atoms with E-state index in [1.54, 1.807) is 0 Å². The molecule has 1 fully saturated rings. The molecule has 0 atom stereocenters.